The minimum absolute atomic E-state index is 0.517. The van der Waals surface area contributed by atoms with Crippen LogP contribution in [-0.4, -0.2) is 43.1 Å². The Morgan fingerprint density at radius 2 is 2.05 bits per heavy atom. The summed E-state index contributed by atoms with van der Waals surface area (Å²) in [4.78, 5) is 9.02. The Morgan fingerprint density at radius 3 is 2.71 bits per heavy atom. The number of hydrogen-bond donors (Lipinski definition) is 0. The fraction of sp³-hybridized carbons (Fsp3) is 0.412. The Morgan fingerprint density at radius 1 is 1.29 bits per heavy atom. The molecule has 2 heterocycles. The normalized spacial score (nSPS) is 22.0. The van der Waals surface area contributed by atoms with Crippen molar-refractivity contribution in [3.05, 3.63) is 36.0 Å². The van der Waals surface area contributed by atoms with E-state index >= 15 is 0 Å². The highest BCUT2D eigenvalue weighted by atomic mass is 15.2. The molecule has 0 radical (unpaired) electrons. The standard InChI is InChI=1S/C17H20N4/c1-12-10-21(11-16(12)20(2)3)17-13(8-18)9-19-15-7-5-4-6-14(15)17/h4-7,9,12,16H,10-11H2,1-3H3. The van der Waals surface area contributed by atoms with Crippen LogP contribution in [-0.2, 0) is 0 Å². The van der Waals surface area contributed by atoms with Crippen LogP contribution >= 0.6 is 0 Å². The molecule has 1 saturated heterocycles. The van der Waals surface area contributed by atoms with Crippen molar-refractivity contribution in [1.29, 1.82) is 5.26 Å². The van der Waals surface area contributed by atoms with Crippen molar-refractivity contribution in [2.45, 2.75) is 13.0 Å². The molecule has 1 aromatic heterocycles. The van der Waals surface area contributed by atoms with Gasteiger partial charge in [-0.15, -0.1) is 0 Å². The number of anilines is 1. The van der Waals surface area contributed by atoms with E-state index in [0.29, 0.717) is 17.5 Å². The summed E-state index contributed by atoms with van der Waals surface area (Å²) in [7, 11) is 4.25. The third kappa shape index (κ3) is 2.34. The minimum atomic E-state index is 0.517. The van der Waals surface area contributed by atoms with E-state index in [1.54, 1.807) is 6.20 Å². The molecule has 1 aliphatic heterocycles. The number of rotatable bonds is 2. The molecule has 3 rings (SSSR count). The summed E-state index contributed by atoms with van der Waals surface area (Å²) < 4.78 is 0. The average Bonchev–Trinajstić information content (AvgIpc) is 2.87. The van der Waals surface area contributed by atoms with Gasteiger partial charge in [-0.2, -0.15) is 5.26 Å². The van der Waals surface area contributed by atoms with Crippen LogP contribution < -0.4 is 4.90 Å². The number of fused-ring (bicyclic) bond motifs is 1. The molecule has 0 spiro atoms. The molecule has 108 valence electrons. The highest BCUT2D eigenvalue weighted by molar-refractivity contribution is 5.94. The molecule has 0 saturated carbocycles. The van der Waals surface area contributed by atoms with Gasteiger partial charge in [0.15, 0.2) is 0 Å². The van der Waals surface area contributed by atoms with Crippen molar-refractivity contribution in [3.63, 3.8) is 0 Å². The van der Waals surface area contributed by atoms with Gasteiger partial charge in [0, 0.05) is 30.7 Å². The van der Waals surface area contributed by atoms with Crippen LogP contribution in [0.25, 0.3) is 10.9 Å². The summed E-state index contributed by atoms with van der Waals surface area (Å²) >= 11 is 0. The lowest BCUT2D eigenvalue weighted by Crippen LogP contribution is -2.34. The molecule has 1 aliphatic rings. The van der Waals surface area contributed by atoms with Crippen molar-refractivity contribution < 1.29 is 0 Å². The number of nitrogens with zero attached hydrogens (tertiary/aromatic N) is 4. The number of aromatic nitrogens is 1. The maximum Gasteiger partial charge on any atom is 0.103 e. The molecule has 0 aliphatic carbocycles. The molecule has 0 N–H and O–H groups in total. The van der Waals surface area contributed by atoms with Crippen LogP contribution in [0.5, 0.6) is 0 Å². The van der Waals surface area contributed by atoms with Gasteiger partial charge in [0.05, 0.1) is 16.8 Å². The number of pyridine rings is 1. The first-order valence-corrected chi connectivity index (χ1v) is 7.31. The van der Waals surface area contributed by atoms with Gasteiger partial charge in [0.2, 0.25) is 0 Å². The van der Waals surface area contributed by atoms with Crippen LogP contribution in [0.15, 0.2) is 30.5 Å². The predicted molar refractivity (Wildman–Crippen MR) is 85.3 cm³/mol. The Labute approximate surface area is 125 Å². The molecule has 2 aromatic rings. The zero-order chi connectivity index (χ0) is 15.0. The molecular formula is C17H20N4. The van der Waals surface area contributed by atoms with Gasteiger partial charge in [0.1, 0.15) is 6.07 Å². The van der Waals surface area contributed by atoms with E-state index in [-0.39, 0.29) is 0 Å². The second-order valence-electron chi connectivity index (χ2n) is 6.06. The van der Waals surface area contributed by atoms with Crippen molar-refractivity contribution in [3.8, 4) is 6.07 Å². The number of nitriles is 1. The SMILES string of the molecule is CC1CN(c2c(C#N)cnc3ccccc23)CC1N(C)C. The minimum Gasteiger partial charge on any atom is -0.368 e. The number of likely N-dealkylation sites (N-methyl/N-ethyl adjacent to an activating group) is 1. The number of benzene rings is 1. The molecule has 4 nitrogen and oxygen atoms in total. The topological polar surface area (TPSA) is 43.2 Å². The molecule has 1 fully saturated rings. The largest absolute Gasteiger partial charge is 0.368 e. The van der Waals surface area contributed by atoms with E-state index in [2.05, 4.69) is 47.9 Å². The summed E-state index contributed by atoms with van der Waals surface area (Å²) in [6, 6.07) is 10.9. The molecule has 1 aromatic carbocycles. The fourth-order valence-electron chi connectivity index (χ4n) is 3.35. The van der Waals surface area contributed by atoms with Gasteiger partial charge in [-0.25, -0.2) is 0 Å². The van der Waals surface area contributed by atoms with Gasteiger partial charge >= 0.3 is 0 Å². The van der Waals surface area contributed by atoms with Crippen LogP contribution in [0.4, 0.5) is 5.69 Å². The monoisotopic (exact) mass is 280 g/mol. The van der Waals surface area contributed by atoms with Gasteiger partial charge in [0.25, 0.3) is 0 Å². The van der Waals surface area contributed by atoms with Crippen LogP contribution in [0.1, 0.15) is 12.5 Å². The Kier molecular flexibility index (Phi) is 3.52. The predicted octanol–water partition coefficient (Wildman–Crippen LogP) is 2.49. The first-order valence-electron chi connectivity index (χ1n) is 7.31. The Hall–Kier alpha value is -2.12. The lowest BCUT2D eigenvalue weighted by Gasteiger charge is -2.24. The Bertz CT molecular complexity index is 701. The summed E-state index contributed by atoms with van der Waals surface area (Å²) in [6.45, 7) is 4.21. The number of hydrogen-bond acceptors (Lipinski definition) is 4. The molecular weight excluding hydrogens is 260 g/mol. The third-order valence-electron chi connectivity index (χ3n) is 4.42. The molecule has 2 atom stereocenters. The lowest BCUT2D eigenvalue weighted by molar-refractivity contribution is 0.266. The second-order valence-corrected chi connectivity index (χ2v) is 6.06. The zero-order valence-electron chi connectivity index (χ0n) is 12.7. The van der Waals surface area contributed by atoms with Crippen LogP contribution in [0.2, 0.25) is 0 Å². The smallest absolute Gasteiger partial charge is 0.103 e. The highest BCUT2D eigenvalue weighted by Crippen LogP contribution is 2.33. The quantitative estimate of drug-likeness (QED) is 0.847. The highest BCUT2D eigenvalue weighted by Gasteiger charge is 2.32. The third-order valence-corrected chi connectivity index (χ3v) is 4.42. The van der Waals surface area contributed by atoms with E-state index in [1.807, 2.05) is 18.2 Å². The summed E-state index contributed by atoms with van der Waals surface area (Å²) in [5.74, 6) is 0.582. The lowest BCUT2D eigenvalue weighted by atomic mass is 10.1. The van der Waals surface area contributed by atoms with Crippen LogP contribution in [0.3, 0.4) is 0 Å². The van der Waals surface area contributed by atoms with E-state index in [1.165, 1.54) is 0 Å². The molecule has 4 heteroatoms. The summed E-state index contributed by atoms with van der Waals surface area (Å²) in [6.07, 6.45) is 1.70. The van der Waals surface area contributed by atoms with E-state index in [0.717, 1.165) is 29.7 Å². The Balaban J connectivity index is 2.10. The number of para-hydroxylation sites is 1. The zero-order valence-corrected chi connectivity index (χ0v) is 12.7. The van der Waals surface area contributed by atoms with Crippen LogP contribution in [0, 0.1) is 17.2 Å². The van der Waals surface area contributed by atoms with E-state index in [9.17, 15) is 5.26 Å². The first-order chi connectivity index (χ1) is 10.1. The molecule has 0 bridgehead atoms. The first kappa shape index (κ1) is 13.8. The van der Waals surface area contributed by atoms with Gasteiger partial charge in [-0.3, -0.25) is 4.98 Å². The van der Waals surface area contributed by atoms with E-state index in [4.69, 9.17) is 0 Å². The maximum atomic E-state index is 9.45. The summed E-state index contributed by atoms with van der Waals surface area (Å²) in [5, 5.41) is 10.5. The van der Waals surface area contributed by atoms with Crippen molar-refractivity contribution >= 4 is 16.6 Å². The molecule has 0 amide bonds. The van der Waals surface area contributed by atoms with Crippen molar-refractivity contribution in [2.75, 3.05) is 32.1 Å². The molecule has 2 unspecified atom stereocenters. The average molecular weight is 280 g/mol. The van der Waals surface area contributed by atoms with E-state index < -0.39 is 0 Å². The fourth-order valence-corrected chi connectivity index (χ4v) is 3.35. The van der Waals surface area contributed by atoms with Crippen molar-refractivity contribution in [1.82, 2.24) is 9.88 Å². The van der Waals surface area contributed by atoms with Gasteiger partial charge in [-0.1, -0.05) is 25.1 Å². The van der Waals surface area contributed by atoms with Crippen molar-refractivity contribution in [2.24, 2.45) is 5.92 Å². The molecule has 21 heavy (non-hydrogen) atoms. The second kappa shape index (κ2) is 5.34. The summed E-state index contributed by atoms with van der Waals surface area (Å²) in [5.41, 5.74) is 2.66. The van der Waals surface area contributed by atoms with Gasteiger partial charge in [-0.05, 0) is 26.1 Å². The van der Waals surface area contributed by atoms with Gasteiger partial charge < -0.3 is 9.80 Å². The maximum absolute atomic E-state index is 9.45.